The average molecular weight is 1260 g/mol. The third-order valence-electron chi connectivity index (χ3n) is 15.4. The molecule has 0 aliphatic heterocycles. The van der Waals surface area contributed by atoms with Crippen molar-refractivity contribution in [3.63, 3.8) is 0 Å². The minimum absolute atomic E-state index is 0.514. The first-order valence-electron chi connectivity index (χ1n) is 26.7. The fourth-order valence-electron chi connectivity index (χ4n) is 11.8. The van der Waals surface area contributed by atoms with Crippen molar-refractivity contribution in [3.8, 4) is 17.5 Å². The summed E-state index contributed by atoms with van der Waals surface area (Å²) < 4.78 is 8.24. The van der Waals surface area contributed by atoms with Gasteiger partial charge in [0.25, 0.3) is 0 Å². The number of hydrogen-bond donors (Lipinski definition) is 1. The molecule has 18 aromatic rings. The number of pyridine rings is 4. The molecular weight excluding hydrogens is 1220 g/mol. The van der Waals surface area contributed by atoms with Crippen LogP contribution in [0.3, 0.4) is 0 Å². The van der Waals surface area contributed by atoms with Gasteiger partial charge in [-0.1, -0.05) is 121 Å². The highest BCUT2D eigenvalue weighted by molar-refractivity contribution is 9.11. The molecule has 12 nitrogen and oxygen atoms in total. The maximum absolute atomic E-state index is 5.24. The van der Waals surface area contributed by atoms with Gasteiger partial charge in [-0.25, -0.2) is 39.9 Å². The van der Waals surface area contributed by atoms with E-state index in [4.69, 9.17) is 24.9 Å². The molecule has 0 spiro atoms. The van der Waals surface area contributed by atoms with Gasteiger partial charge in [0.15, 0.2) is 9.47 Å². The summed E-state index contributed by atoms with van der Waals surface area (Å²) in [6.45, 7) is 0. The zero-order valence-electron chi connectivity index (χ0n) is 43.5. The minimum Gasteiger partial charge on any atom is -0.355 e. The summed E-state index contributed by atoms with van der Waals surface area (Å²) in [6, 6.07) is 75.0. The van der Waals surface area contributed by atoms with Crippen LogP contribution in [0.1, 0.15) is 0 Å². The summed E-state index contributed by atoms with van der Waals surface area (Å²) in [7, 11) is 0. The highest BCUT2D eigenvalue weighted by Gasteiger charge is 2.21. The first kappa shape index (κ1) is 49.1. The average Bonchev–Trinajstić information content (AvgIpc) is 3.19. The van der Waals surface area contributed by atoms with E-state index in [1.807, 2.05) is 54.9 Å². The van der Waals surface area contributed by atoms with Gasteiger partial charge < -0.3 is 4.98 Å². The molecule has 0 saturated heterocycles. The van der Waals surface area contributed by atoms with Gasteiger partial charge in [0.2, 0.25) is 0 Å². The van der Waals surface area contributed by atoms with Crippen molar-refractivity contribution in [2.75, 3.05) is 0 Å². The number of rotatable bonds is 3. The molecule has 10 heterocycles. The van der Waals surface area contributed by atoms with Gasteiger partial charge in [-0.2, -0.15) is 0 Å². The molecule has 0 unspecified atom stereocenters. The molecule has 18 rings (SSSR count). The van der Waals surface area contributed by atoms with Crippen molar-refractivity contribution < 1.29 is 0 Å². The van der Waals surface area contributed by atoms with Crippen LogP contribution in [-0.4, -0.2) is 58.6 Å². The Morgan fingerprint density at radius 2 is 0.675 bits per heavy atom. The number of fused-ring (bicyclic) bond motifs is 18. The van der Waals surface area contributed by atoms with E-state index in [2.05, 4.69) is 257 Å². The Morgan fingerprint density at radius 1 is 0.289 bits per heavy atom. The zero-order chi connectivity index (χ0) is 55.3. The molecule has 392 valence electrons. The minimum atomic E-state index is 0.514. The lowest BCUT2D eigenvalue weighted by molar-refractivity contribution is 1.04. The summed E-state index contributed by atoms with van der Waals surface area (Å²) in [5, 5.41) is 13.4. The van der Waals surface area contributed by atoms with Crippen LogP contribution in [0.2, 0.25) is 0 Å². The van der Waals surface area contributed by atoms with Crippen LogP contribution in [-0.2, 0) is 0 Å². The zero-order valence-corrected chi connectivity index (χ0v) is 48.3. The molecule has 83 heavy (non-hydrogen) atoms. The number of hydrogen-bond acceptors (Lipinski definition) is 8. The molecule has 0 amide bonds. The van der Waals surface area contributed by atoms with E-state index in [1.54, 1.807) is 0 Å². The number of para-hydroxylation sites is 6. The van der Waals surface area contributed by atoms with Crippen molar-refractivity contribution in [2.45, 2.75) is 0 Å². The van der Waals surface area contributed by atoms with Crippen molar-refractivity contribution in [1.82, 2.24) is 58.6 Å². The fraction of sp³-hybridized carbons (Fsp3) is 0. The van der Waals surface area contributed by atoms with Gasteiger partial charge >= 0.3 is 0 Å². The van der Waals surface area contributed by atoms with Crippen LogP contribution in [0.4, 0.5) is 0 Å². The van der Waals surface area contributed by atoms with Crippen LogP contribution in [0.5, 0.6) is 0 Å². The number of halogens is 3. The van der Waals surface area contributed by atoms with E-state index in [9.17, 15) is 0 Å². The molecule has 15 heteroatoms. The Balaban J connectivity index is 0.000000116. The predicted octanol–water partition coefficient (Wildman–Crippen LogP) is 18.0. The Morgan fingerprint density at radius 3 is 1.18 bits per heavy atom. The number of benzene rings is 8. The Bertz CT molecular complexity index is 5460. The SMILES string of the molecule is Brc1nc(-n2c3ccccc3c3ccccc32)c2ccc3ccc(-n4c5ccccc5c5cccnc54)nc3c2n1.Brc1nc(Br)c2ccc3ccc(-n4c5ccccc5c5cccnc54)nc3c2n1.c1ccc2c(c1)[nH]c1ccccc12. The summed E-state index contributed by atoms with van der Waals surface area (Å²) >= 11 is 10.6. The molecule has 0 fully saturated rings. The van der Waals surface area contributed by atoms with Gasteiger partial charge in [-0.15, -0.1) is 0 Å². The first-order valence-corrected chi connectivity index (χ1v) is 29.1. The highest BCUT2D eigenvalue weighted by Crippen LogP contribution is 2.38. The maximum atomic E-state index is 5.24. The second-order valence-corrected chi connectivity index (χ2v) is 22.2. The summed E-state index contributed by atoms with van der Waals surface area (Å²) in [5.41, 5.74) is 11.7. The van der Waals surface area contributed by atoms with E-state index in [0.717, 1.165) is 121 Å². The smallest absolute Gasteiger partial charge is 0.199 e. The third-order valence-corrected chi connectivity index (χ3v) is 16.7. The van der Waals surface area contributed by atoms with Crippen molar-refractivity contribution >= 4 is 179 Å². The maximum Gasteiger partial charge on any atom is 0.199 e. The number of nitrogens with zero attached hydrogens (tertiary/aromatic N) is 11. The quantitative estimate of drug-likeness (QED) is 0.105. The molecule has 1 N–H and O–H groups in total. The molecular formula is C68H39Br3N12. The number of aromatic amines is 1. The van der Waals surface area contributed by atoms with Crippen LogP contribution < -0.4 is 0 Å². The summed E-state index contributed by atoms with van der Waals surface area (Å²) in [6.07, 6.45) is 3.64. The standard InChI is InChI=1S/C34H19BrN6.C22H11Br2N5.C12H9N/c35-34-38-31-25(33(39-34)40-26-12-4-1-8-21(26)22-9-2-5-13-27(22)40)17-15-20-16-18-29(37-30(20)31)41-28-14-6-3-10-23(28)24-11-7-19-36-32(24)41;23-20-15-9-7-12-8-10-17(26-18(12)19(15)27-22(24)28-20)29-16-6-2-1-4-13(16)14-5-3-11-25-21(14)29;1-3-7-11-9(5-1)10-6-2-4-8-12(10)13-11/h1-19H;1-11H;1-8,13H. The molecule has 0 aliphatic rings. The van der Waals surface area contributed by atoms with E-state index < -0.39 is 0 Å². The molecule has 0 atom stereocenters. The van der Waals surface area contributed by atoms with E-state index in [0.29, 0.717) is 9.47 Å². The van der Waals surface area contributed by atoms with Crippen LogP contribution >= 0.6 is 47.8 Å². The third kappa shape index (κ3) is 8.05. The number of H-pyrrole nitrogens is 1. The van der Waals surface area contributed by atoms with Crippen LogP contribution in [0.15, 0.2) is 245 Å². The van der Waals surface area contributed by atoms with Crippen LogP contribution in [0.25, 0.3) is 149 Å². The Labute approximate surface area is 496 Å². The van der Waals surface area contributed by atoms with Crippen molar-refractivity contribution in [2.24, 2.45) is 0 Å². The molecule has 0 saturated carbocycles. The number of nitrogens with one attached hydrogen (secondary N) is 1. The topological polar surface area (TPSA) is 134 Å². The van der Waals surface area contributed by atoms with Gasteiger partial charge in [0.1, 0.15) is 44.4 Å². The Kier molecular flexibility index (Phi) is 11.7. The number of aromatic nitrogens is 12. The highest BCUT2D eigenvalue weighted by atomic mass is 79.9. The summed E-state index contributed by atoms with van der Waals surface area (Å²) in [5.74, 6) is 2.41. The molecule has 10 aromatic heterocycles. The predicted molar refractivity (Wildman–Crippen MR) is 347 cm³/mol. The second-order valence-electron chi connectivity index (χ2n) is 20.0. The van der Waals surface area contributed by atoms with Crippen molar-refractivity contribution in [3.05, 3.63) is 245 Å². The normalized spacial score (nSPS) is 11.8. The molecule has 0 aliphatic carbocycles. The van der Waals surface area contributed by atoms with E-state index in [-0.39, 0.29) is 0 Å². The monoisotopic (exact) mass is 1260 g/mol. The van der Waals surface area contributed by atoms with Gasteiger partial charge in [0.05, 0.1) is 33.1 Å². The first-order chi connectivity index (χ1) is 40.9. The Hall–Kier alpha value is -9.80. The van der Waals surface area contributed by atoms with Gasteiger partial charge in [0, 0.05) is 88.1 Å². The van der Waals surface area contributed by atoms with Gasteiger partial charge in [-0.05, 0) is 145 Å². The van der Waals surface area contributed by atoms with Crippen LogP contribution in [0, 0.1) is 0 Å². The van der Waals surface area contributed by atoms with Crippen molar-refractivity contribution in [1.29, 1.82) is 0 Å². The lowest BCUT2D eigenvalue weighted by Crippen LogP contribution is -2.03. The molecule has 0 radical (unpaired) electrons. The second kappa shape index (κ2) is 19.7. The van der Waals surface area contributed by atoms with E-state index >= 15 is 0 Å². The summed E-state index contributed by atoms with van der Waals surface area (Å²) in [4.78, 5) is 41.8. The molecule has 0 bridgehead atoms. The lowest BCUT2D eigenvalue weighted by atomic mass is 10.1. The van der Waals surface area contributed by atoms with E-state index in [1.165, 1.54) is 32.6 Å². The lowest BCUT2D eigenvalue weighted by Gasteiger charge is -2.13. The fourth-order valence-corrected chi connectivity index (χ4v) is 13.3. The largest absolute Gasteiger partial charge is 0.355 e. The molecule has 8 aromatic carbocycles. The van der Waals surface area contributed by atoms with Gasteiger partial charge in [-0.3, -0.25) is 13.7 Å².